The van der Waals surface area contributed by atoms with Crippen LogP contribution in [-0.4, -0.2) is 23.9 Å². The van der Waals surface area contributed by atoms with Crippen molar-refractivity contribution < 1.29 is 18.4 Å². The standard InChI is InChI=1S/C13H13BrF2N2O2/c1-3-10-12(19)17-6(2)13(20)18(10)11-5-8(15)7(14)4-9(11)16/h4-6,10H,3H2,1-2H3,(H,17,19). The van der Waals surface area contributed by atoms with Crippen molar-refractivity contribution >= 4 is 33.4 Å². The number of piperazine rings is 1. The van der Waals surface area contributed by atoms with Gasteiger partial charge in [-0.15, -0.1) is 0 Å². The first-order valence-corrected chi connectivity index (χ1v) is 6.94. The van der Waals surface area contributed by atoms with Crippen LogP contribution in [0.15, 0.2) is 16.6 Å². The van der Waals surface area contributed by atoms with E-state index in [-0.39, 0.29) is 16.1 Å². The third-order valence-electron chi connectivity index (χ3n) is 3.22. The quantitative estimate of drug-likeness (QED) is 0.835. The predicted octanol–water partition coefficient (Wildman–Crippen LogP) is 2.36. The average molecular weight is 347 g/mol. The van der Waals surface area contributed by atoms with E-state index in [1.54, 1.807) is 6.92 Å². The first-order valence-electron chi connectivity index (χ1n) is 6.14. The SMILES string of the molecule is CCC1C(=O)NC(C)C(=O)N1c1cc(F)c(Br)cc1F. The number of rotatable bonds is 2. The molecule has 108 valence electrons. The van der Waals surface area contributed by atoms with Crippen molar-refractivity contribution in [3.05, 3.63) is 28.2 Å². The minimum Gasteiger partial charge on any atom is -0.343 e. The van der Waals surface area contributed by atoms with Crippen molar-refractivity contribution in [3.63, 3.8) is 0 Å². The maximum atomic E-state index is 14.0. The van der Waals surface area contributed by atoms with Gasteiger partial charge in [0.25, 0.3) is 0 Å². The highest BCUT2D eigenvalue weighted by molar-refractivity contribution is 9.10. The van der Waals surface area contributed by atoms with Gasteiger partial charge in [0, 0.05) is 6.07 Å². The van der Waals surface area contributed by atoms with Crippen LogP contribution >= 0.6 is 15.9 Å². The van der Waals surface area contributed by atoms with Gasteiger partial charge in [-0.3, -0.25) is 14.5 Å². The molecule has 1 fully saturated rings. The van der Waals surface area contributed by atoms with Gasteiger partial charge in [-0.05, 0) is 35.3 Å². The maximum absolute atomic E-state index is 14.0. The van der Waals surface area contributed by atoms with Crippen LogP contribution in [0.1, 0.15) is 20.3 Å². The highest BCUT2D eigenvalue weighted by Crippen LogP contribution is 2.30. The monoisotopic (exact) mass is 346 g/mol. The van der Waals surface area contributed by atoms with Crippen LogP contribution in [0.4, 0.5) is 14.5 Å². The van der Waals surface area contributed by atoms with E-state index in [9.17, 15) is 18.4 Å². The molecule has 0 radical (unpaired) electrons. The second-order valence-electron chi connectivity index (χ2n) is 4.58. The molecule has 0 saturated carbocycles. The maximum Gasteiger partial charge on any atom is 0.250 e. The molecule has 0 aliphatic carbocycles. The van der Waals surface area contributed by atoms with E-state index in [0.29, 0.717) is 6.42 Å². The Balaban J connectivity index is 2.54. The van der Waals surface area contributed by atoms with Crippen molar-refractivity contribution in [2.75, 3.05) is 4.90 Å². The number of carbonyl (C=O) groups excluding carboxylic acids is 2. The summed E-state index contributed by atoms with van der Waals surface area (Å²) in [5.74, 6) is -2.28. The van der Waals surface area contributed by atoms with Crippen LogP contribution in [0.25, 0.3) is 0 Å². The van der Waals surface area contributed by atoms with E-state index in [1.807, 2.05) is 0 Å². The molecule has 0 bridgehead atoms. The van der Waals surface area contributed by atoms with Crippen LogP contribution < -0.4 is 10.2 Å². The Hall–Kier alpha value is -1.50. The Labute approximate surface area is 123 Å². The number of benzene rings is 1. The van der Waals surface area contributed by atoms with Gasteiger partial charge in [-0.1, -0.05) is 6.92 Å². The van der Waals surface area contributed by atoms with E-state index in [2.05, 4.69) is 21.2 Å². The number of anilines is 1. The van der Waals surface area contributed by atoms with E-state index in [1.165, 1.54) is 6.92 Å². The third kappa shape index (κ3) is 2.42. The minimum absolute atomic E-state index is 0.0336. The Morgan fingerprint density at radius 2 is 1.95 bits per heavy atom. The van der Waals surface area contributed by atoms with Gasteiger partial charge in [-0.25, -0.2) is 8.78 Å². The number of nitrogens with one attached hydrogen (secondary N) is 1. The minimum atomic E-state index is -0.839. The Kier molecular flexibility index (Phi) is 4.08. The van der Waals surface area contributed by atoms with Gasteiger partial charge in [-0.2, -0.15) is 0 Å². The zero-order valence-electron chi connectivity index (χ0n) is 10.9. The summed E-state index contributed by atoms with van der Waals surface area (Å²) in [7, 11) is 0. The fourth-order valence-corrected chi connectivity index (χ4v) is 2.52. The molecule has 1 N–H and O–H groups in total. The van der Waals surface area contributed by atoms with Crippen molar-refractivity contribution in [3.8, 4) is 0 Å². The summed E-state index contributed by atoms with van der Waals surface area (Å²) in [6.45, 7) is 3.21. The summed E-state index contributed by atoms with van der Waals surface area (Å²) in [5, 5.41) is 2.52. The lowest BCUT2D eigenvalue weighted by atomic mass is 10.0. The molecule has 4 nitrogen and oxygen atoms in total. The number of halogens is 3. The highest BCUT2D eigenvalue weighted by Gasteiger charge is 2.39. The van der Waals surface area contributed by atoms with E-state index in [0.717, 1.165) is 17.0 Å². The van der Waals surface area contributed by atoms with Crippen LogP contribution in [-0.2, 0) is 9.59 Å². The second kappa shape index (κ2) is 5.47. The molecule has 0 aromatic heterocycles. The van der Waals surface area contributed by atoms with Gasteiger partial charge in [0.15, 0.2) is 0 Å². The normalized spacial score (nSPS) is 22.9. The van der Waals surface area contributed by atoms with Crippen molar-refractivity contribution in [2.24, 2.45) is 0 Å². The fourth-order valence-electron chi connectivity index (χ4n) is 2.20. The molecule has 1 aromatic carbocycles. The van der Waals surface area contributed by atoms with Gasteiger partial charge in [0.2, 0.25) is 11.8 Å². The summed E-state index contributed by atoms with van der Waals surface area (Å²) in [6, 6.07) is 0.262. The molecule has 1 aliphatic rings. The molecule has 2 rings (SSSR count). The average Bonchev–Trinajstić information content (AvgIpc) is 2.38. The number of nitrogens with zero attached hydrogens (tertiary/aromatic N) is 1. The Bertz CT molecular complexity index is 580. The molecule has 20 heavy (non-hydrogen) atoms. The summed E-state index contributed by atoms with van der Waals surface area (Å²) >= 11 is 2.88. The van der Waals surface area contributed by atoms with Crippen molar-refractivity contribution in [1.29, 1.82) is 0 Å². The summed E-state index contributed by atoms with van der Waals surface area (Å²) in [4.78, 5) is 25.1. The summed E-state index contributed by atoms with van der Waals surface area (Å²) in [6.07, 6.45) is 0.307. The molecule has 1 aromatic rings. The first-order chi connectivity index (χ1) is 9.36. The lowest BCUT2D eigenvalue weighted by molar-refractivity contribution is -0.133. The smallest absolute Gasteiger partial charge is 0.250 e. The van der Waals surface area contributed by atoms with Gasteiger partial charge in [0.05, 0.1) is 10.2 Å². The third-order valence-corrected chi connectivity index (χ3v) is 3.82. The topological polar surface area (TPSA) is 49.4 Å². The molecule has 0 spiro atoms. The molecular weight excluding hydrogens is 334 g/mol. The highest BCUT2D eigenvalue weighted by atomic mass is 79.9. The van der Waals surface area contributed by atoms with Gasteiger partial charge < -0.3 is 5.32 Å². The largest absolute Gasteiger partial charge is 0.343 e. The molecule has 7 heteroatoms. The zero-order chi connectivity index (χ0) is 15.0. The second-order valence-corrected chi connectivity index (χ2v) is 5.43. The number of amides is 2. The fraction of sp³-hybridized carbons (Fsp3) is 0.385. The lowest BCUT2D eigenvalue weighted by Gasteiger charge is -2.37. The molecule has 1 aliphatic heterocycles. The van der Waals surface area contributed by atoms with Crippen LogP contribution in [0.2, 0.25) is 0 Å². The van der Waals surface area contributed by atoms with E-state index < -0.39 is 29.6 Å². The molecule has 2 amide bonds. The van der Waals surface area contributed by atoms with Gasteiger partial charge >= 0.3 is 0 Å². The lowest BCUT2D eigenvalue weighted by Crippen LogP contribution is -2.62. The molecule has 2 unspecified atom stereocenters. The molecular formula is C13H13BrF2N2O2. The van der Waals surface area contributed by atoms with Crippen molar-refractivity contribution in [2.45, 2.75) is 32.4 Å². The Morgan fingerprint density at radius 3 is 2.55 bits per heavy atom. The summed E-state index contributed by atoms with van der Waals surface area (Å²) < 4.78 is 27.6. The predicted molar refractivity (Wildman–Crippen MR) is 73.2 cm³/mol. The Morgan fingerprint density at radius 1 is 1.30 bits per heavy atom. The molecule has 1 saturated heterocycles. The zero-order valence-corrected chi connectivity index (χ0v) is 12.5. The first kappa shape index (κ1) is 14.9. The van der Waals surface area contributed by atoms with Gasteiger partial charge in [0.1, 0.15) is 23.7 Å². The number of hydrogen-bond acceptors (Lipinski definition) is 2. The number of carbonyl (C=O) groups is 2. The van der Waals surface area contributed by atoms with Crippen molar-refractivity contribution in [1.82, 2.24) is 5.32 Å². The van der Waals surface area contributed by atoms with E-state index >= 15 is 0 Å². The number of hydrogen-bond donors (Lipinski definition) is 1. The molecule has 2 atom stereocenters. The van der Waals surface area contributed by atoms with Crippen LogP contribution in [0.5, 0.6) is 0 Å². The molecule has 1 heterocycles. The van der Waals surface area contributed by atoms with Crippen LogP contribution in [0, 0.1) is 11.6 Å². The van der Waals surface area contributed by atoms with E-state index in [4.69, 9.17) is 0 Å². The summed E-state index contributed by atoms with van der Waals surface area (Å²) in [5.41, 5.74) is -0.218. The van der Waals surface area contributed by atoms with Crippen LogP contribution in [0.3, 0.4) is 0 Å².